The average molecular weight is 279 g/mol. The molecule has 0 aliphatic rings. The highest BCUT2D eigenvalue weighted by Gasteiger charge is 2.19. The van der Waals surface area contributed by atoms with Crippen molar-refractivity contribution in [3.63, 3.8) is 0 Å². The van der Waals surface area contributed by atoms with Gasteiger partial charge in [-0.25, -0.2) is 0 Å². The number of aryl methyl sites for hydroxylation is 1. The number of nitrogens with two attached hydrogens (primary N) is 1. The van der Waals surface area contributed by atoms with Crippen LogP contribution in [0.1, 0.15) is 25.8 Å². The molecule has 6 heteroatoms. The van der Waals surface area contributed by atoms with Gasteiger partial charge in [-0.05, 0) is 25.3 Å². The molecule has 1 amide bonds. The van der Waals surface area contributed by atoms with E-state index in [2.05, 4.69) is 5.32 Å². The van der Waals surface area contributed by atoms with Gasteiger partial charge in [-0.2, -0.15) is 0 Å². The fourth-order valence-corrected chi connectivity index (χ4v) is 2.01. The van der Waals surface area contributed by atoms with Crippen LogP contribution in [-0.2, 0) is 4.79 Å². The first-order chi connectivity index (χ1) is 9.35. The predicted molar refractivity (Wildman–Crippen MR) is 78.5 cm³/mol. The second-order valence-corrected chi connectivity index (χ2v) is 5.31. The third kappa shape index (κ3) is 4.31. The molecular formula is C14H21N3O3. The molecule has 110 valence electrons. The maximum absolute atomic E-state index is 12.1. The summed E-state index contributed by atoms with van der Waals surface area (Å²) in [6, 6.07) is 4.65. The van der Waals surface area contributed by atoms with Crippen LogP contribution in [0.25, 0.3) is 0 Å². The van der Waals surface area contributed by atoms with Gasteiger partial charge in [-0.1, -0.05) is 19.9 Å². The summed E-state index contributed by atoms with van der Waals surface area (Å²) in [4.78, 5) is 22.5. The van der Waals surface area contributed by atoms with Gasteiger partial charge in [0.25, 0.3) is 5.69 Å². The molecule has 1 rings (SSSR count). The highest BCUT2D eigenvalue weighted by molar-refractivity contribution is 5.93. The van der Waals surface area contributed by atoms with Crippen molar-refractivity contribution in [1.82, 2.24) is 0 Å². The fourth-order valence-electron chi connectivity index (χ4n) is 2.01. The minimum atomic E-state index is -0.459. The molecule has 1 aromatic rings. The zero-order valence-corrected chi connectivity index (χ0v) is 12.1. The fraction of sp³-hybridized carbons (Fsp3) is 0.500. The molecule has 0 spiro atoms. The first-order valence-corrected chi connectivity index (χ1v) is 6.61. The first-order valence-electron chi connectivity index (χ1n) is 6.61. The Morgan fingerprint density at radius 2 is 2.10 bits per heavy atom. The molecule has 1 atom stereocenters. The summed E-state index contributed by atoms with van der Waals surface area (Å²) in [7, 11) is 0. The number of carbonyl (C=O) groups excluding carboxylic acids is 1. The maximum Gasteiger partial charge on any atom is 0.274 e. The number of amides is 1. The SMILES string of the molecule is Cc1ccc(NC(=O)C(CN)CC(C)C)cc1[N+](=O)[O-]. The van der Waals surface area contributed by atoms with E-state index in [-0.39, 0.29) is 24.1 Å². The van der Waals surface area contributed by atoms with Gasteiger partial charge in [0.2, 0.25) is 5.91 Å². The van der Waals surface area contributed by atoms with E-state index in [9.17, 15) is 14.9 Å². The average Bonchev–Trinajstić information content (AvgIpc) is 2.37. The van der Waals surface area contributed by atoms with Gasteiger partial charge >= 0.3 is 0 Å². The molecule has 0 heterocycles. The van der Waals surface area contributed by atoms with Gasteiger partial charge in [0, 0.05) is 23.9 Å². The third-order valence-electron chi connectivity index (χ3n) is 3.08. The summed E-state index contributed by atoms with van der Waals surface area (Å²) in [5, 5.41) is 13.6. The highest BCUT2D eigenvalue weighted by atomic mass is 16.6. The van der Waals surface area contributed by atoms with Crippen LogP contribution in [0.3, 0.4) is 0 Å². The summed E-state index contributed by atoms with van der Waals surface area (Å²) in [5.74, 6) is -0.114. The number of hydrogen-bond donors (Lipinski definition) is 2. The molecule has 0 aliphatic heterocycles. The maximum atomic E-state index is 12.1. The van der Waals surface area contributed by atoms with Crippen LogP contribution >= 0.6 is 0 Å². The minimum absolute atomic E-state index is 0.00374. The number of rotatable bonds is 6. The largest absolute Gasteiger partial charge is 0.330 e. The number of nitrogens with one attached hydrogen (secondary N) is 1. The monoisotopic (exact) mass is 279 g/mol. The van der Waals surface area contributed by atoms with Crippen LogP contribution in [0, 0.1) is 28.9 Å². The van der Waals surface area contributed by atoms with Crippen molar-refractivity contribution < 1.29 is 9.72 Å². The number of hydrogen-bond acceptors (Lipinski definition) is 4. The lowest BCUT2D eigenvalue weighted by molar-refractivity contribution is -0.385. The molecule has 3 N–H and O–H groups in total. The summed E-state index contributed by atoms with van der Waals surface area (Å²) >= 11 is 0. The van der Waals surface area contributed by atoms with Crippen molar-refractivity contribution in [2.75, 3.05) is 11.9 Å². The second-order valence-electron chi connectivity index (χ2n) is 5.31. The van der Waals surface area contributed by atoms with Gasteiger partial charge in [-0.3, -0.25) is 14.9 Å². The van der Waals surface area contributed by atoms with Crippen molar-refractivity contribution >= 4 is 17.3 Å². The van der Waals surface area contributed by atoms with Crippen LogP contribution in [0.4, 0.5) is 11.4 Å². The van der Waals surface area contributed by atoms with Crippen LogP contribution in [0.5, 0.6) is 0 Å². The number of nitro groups is 1. The molecular weight excluding hydrogens is 258 g/mol. The number of nitrogens with zero attached hydrogens (tertiary/aromatic N) is 1. The third-order valence-corrected chi connectivity index (χ3v) is 3.08. The molecule has 0 aromatic heterocycles. The zero-order chi connectivity index (χ0) is 15.3. The van der Waals surface area contributed by atoms with Crippen LogP contribution in [0.2, 0.25) is 0 Å². The van der Waals surface area contributed by atoms with E-state index in [1.807, 2.05) is 13.8 Å². The molecule has 0 saturated heterocycles. The van der Waals surface area contributed by atoms with Crippen LogP contribution in [-0.4, -0.2) is 17.4 Å². The van der Waals surface area contributed by atoms with Crippen molar-refractivity contribution in [2.45, 2.75) is 27.2 Å². The Labute approximate surface area is 118 Å². The van der Waals surface area contributed by atoms with E-state index in [0.717, 1.165) is 0 Å². The van der Waals surface area contributed by atoms with Crippen molar-refractivity contribution in [2.24, 2.45) is 17.6 Å². The highest BCUT2D eigenvalue weighted by Crippen LogP contribution is 2.23. The smallest absolute Gasteiger partial charge is 0.274 e. The summed E-state index contributed by atoms with van der Waals surface area (Å²) in [5.41, 5.74) is 6.59. The Morgan fingerprint density at radius 1 is 1.45 bits per heavy atom. The van der Waals surface area contributed by atoms with Crippen LogP contribution in [0.15, 0.2) is 18.2 Å². The Hall–Kier alpha value is -1.95. The van der Waals surface area contributed by atoms with E-state index in [4.69, 9.17) is 5.73 Å². The first kappa shape index (κ1) is 16.1. The lowest BCUT2D eigenvalue weighted by Crippen LogP contribution is -2.30. The number of carbonyl (C=O) groups is 1. The molecule has 0 fully saturated rings. The summed E-state index contributed by atoms with van der Waals surface area (Å²) in [6.07, 6.45) is 0.691. The van der Waals surface area contributed by atoms with Crippen molar-refractivity contribution in [3.05, 3.63) is 33.9 Å². The Kier molecular flexibility index (Phi) is 5.64. The molecule has 0 aliphatic carbocycles. The van der Waals surface area contributed by atoms with E-state index >= 15 is 0 Å². The Morgan fingerprint density at radius 3 is 2.60 bits per heavy atom. The summed E-state index contributed by atoms with van der Waals surface area (Å²) in [6.45, 7) is 5.96. The van der Waals surface area contributed by atoms with Gasteiger partial charge < -0.3 is 11.1 Å². The van der Waals surface area contributed by atoms with E-state index in [1.54, 1.807) is 19.1 Å². The molecule has 0 saturated carbocycles. The van der Waals surface area contributed by atoms with Crippen LogP contribution < -0.4 is 11.1 Å². The van der Waals surface area contributed by atoms with E-state index < -0.39 is 4.92 Å². The van der Waals surface area contributed by atoms with Gasteiger partial charge in [-0.15, -0.1) is 0 Å². The Balaban J connectivity index is 2.84. The van der Waals surface area contributed by atoms with E-state index in [1.165, 1.54) is 6.07 Å². The van der Waals surface area contributed by atoms with Gasteiger partial charge in [0.05, 0.1) is 10.8 Å². The normalized spacial score (nSPS) is 12.2. The lowest BCUT2D eigenvalue weighted by Gasteiger charge is -2.16. The quantitative estimate of drug-likeness (QED) is 0.617. The molecule has 20 heavy (non-hydrogen) atoms. The topological polar surface area (TPSA) is 98.3 Å². The minimum Gasteiger partial charge on any atom is -0.330 e. The number of anilines is 1. The molecule has 6 nitrogen and oxygen atoms in total. The number of nitro benzene ring substituents is 1. The molecule has 1 aromatic carbocycles. The number of benzene rings is 1. The molecule has 0 bridgehead atoms. The standard InChI is InChI=1S/C14H21N3O3/c1-9(2)6-11(8-15)14(18)16-12-5-4-10(3)13(7-12)17(19)20/h4-5,7,9,11H,6,8,15H2,1-3H3,(H,16,18). The molecule has 0 radical (unpaired) electrons. The Bertz CT molecular complexity index is 500. The van der Waals surface area contributed by atoms with Crippen molar-refractivity contribution in [3.8, 4) is 0 Å². The summed E-state index contributed by atoms with van der Waals surface area (Å²) < 4.78 is 0. The van der Waals surface area contributed by atoms with E-state index in [0.29, 0.717) is 23.6 Å². The predicted octanol–water partition coefficient (Wildman–Crippen LogP) is 2.46. The van der Waals surface area contributed by atoms with Crippen molar-refractivity contribution in [1.29, 1.82) is 0 Å². The molecule has 1 unspecified atom stereocenters. The lowest BCUT2D eigenvalue weighted by atomic mass is 9.96. The second kappa shape index (κ2) is 7.00. The van der Waals surface area contributed by atoms with Gasteiger partial charge in [0.1, 0.15) is 0 Å². The zero-order valence-electron chi connectivity index (χ0n) is 12.1. The van der Waals surface area contributed by atoms with Gasteiger partial charge in [0.15, 0.2) is 0 Å².